The van der Waals surface area contributed by atoms with E-state index in [1.54, 1.807) is 0 Å². The van der Waals surface area contributed by atoms with E-state index in [4.69, 9.17) is 0 Å². The lowest BCUT2D eigenvalue weighted by atomic mass is 9.92. The van der Waals surface area contributed by atoms with Gasteiger partial charge in [-0.25, -0.2) is 0 Å². The molecule has 5 rings (SSSR count). The molecule has 0 aromatic heterocycles. The Morgan fingerprint density at radius 3 is 2.21 bits per heavy atom. The van der Waals surface area contributed by atoms with Crippen LogP contribution < -0.4 is 0 Å². The smallest absolute Gasteiger partial charge is 0.240 e. The van der Waals surface area contributed by atoms with Gasteiger partial charge in [0.25, 0.3) is 0 Å². The highest BCUT2D eigenvalue weighted by Crippen LogP contribution is 2.34. The van der Waals surface area contributed by atoms with Crippen LogP contribution in [0.3, 0.4) is 0 Å². The first-order valence-electron chi connectivity index (χ1n) is 11.6. The van der Waals surface area contributed by atoms with Crippen molar-refractivity contribution in [3.63, 3.8) is 0 Å². The number of hydrogen-bond donors (Lipinski definition) is 0. The first-order chi connectivity index (χ1) is 14.2. The van der Waals surface area contributed by atoms with E-state index in [0.29, 0.717) is 23.7 Å². The van der Waals surface area contributed by atoms with E-state index in [0.717, 1.165) is 58.5 Å². The van der Waals surface area contributed by atoms with Crippen molar-refractivity contribution in [2.45, 2.75) is 57.5 Å². The third-order valence-corrected chi connectivity index (χ3v) is 7.49. The summed E-state index contributed by atoms with van der Waals surface area (Å²) in [7, 11) is 0. The highest BCUT2D eigenvalue weighted by atomic mass is 16.2. The Hall–Kier alpha value is -1.88. The molecule has 29 heavy (non-hydrogen) atoms. The van der Waals surface area contributed by atoms with Crippen LogP contribution in [0.15, 0.2) is 24.3 Å². The third-order valence-electron chi connectivity index (χ3n) is 7.49. The Bertz CT molecular complexity index is 761. The van der Waals surface area contributed by atoms with Crippen LogP contribution in [-0.2, 0) is 22.6 Å². The fourth-order valence-electron chi connectivity index (χ4n) is 5.61. The van der Waals surface area contributed by atoms with E-state index in [-0.39, 0.29) is 6.04 Å². The van der Waals surface area contributed by atoms with E-state index < -0.39 is 0 Å². The van der Waals surface area contributed by atoms with E-state index in [1.807, 2.05) is 4.90 Å². The molecule has 0 bridgehead atoms. The summed E-state index contributed by atoms with van der Waals surface area (Å²) in [5.74, 6) is 1.45. The molecule has 0 radical (unpaired) electrons. The zero-order valence-corrected chi connectivity index (χ0v) is 17.4. The van der Waals surface area contributed by atoms with E-state index >= 15 is 0 Å². The van der Waals surface area contributed by atoms with Crippen molar-refractivity contribution in [1.29, 1.82) is 0 Å². The molecule has 1 aromatic carbocycles. The molecule has 0 N–H and O–H groups in total. The van der Waals surface area contributed by atoms with Gasteiger partial charge in [0.2, 0.25) is 11.8 Å². The van der Waals surface area contributed by atoms with Crippen molar-refractivity contribution in [3.05, 3.63) is 35.4 Å². The van der Waals surface area contributed by atoms with Crippen molar-refractivity contribution in [3.8, 4) is 0 Å². The molecule has 2 aliphatic carbocycles. The van der Waals surface area contributed by atoms with Gasteiger partial charge in [0.15, 0.2) is 0 Å². The second kappa shape index (κ2) is 8.10. The van der Waals surface area contributed by atoms with Gasteiger partial charge in [-0.2, -0.15) is 0 Å². The Kier molecular flexibility index (Phi) is 5.33. The van der Waals surface area contributed by atoms with Crippen LogP contribution in [0.4, 0.5) is 0 Å². The van der Waals surface area contributed by atoms with Crippen LogP contribution in [-0.4, -0.2) is 65.3 Å². The Balaban J connectivity index is 1.29. The van der Waals surface area contributed by atoms with E-state index in [2.05, 4.69) is 34.1 Å². The molecule has 1 unspecified atom stereocenters. The largest absolute Gasteiger partial charge is 0.340 e. The van der Waals surface area contributed by atoms with Crippen LogP contribution in [0.1, 0.15) is 49.7 Å². The second-order valence-electron chi connectivity index (χ2n) is 9.40. The van der Waals surface area contributed by atoms with Gasteiger partial charge in [-0.05, 0) is 49.1 Å². The Morgan fingerprint density at radius 1 is 0.828 bits per heavy atom. The molecule has 2 aliphatic heterocycles. The summed E-state index contributed by atoms with van der Waals surface area (Å²) in [6.45, 7) is 4.84. The number of carbonyl (C=O) groups is 2. The van der Waals surface area contributed by atoms with Crippen molar-refractivity contribution < 1.29 is 9.59 Å². The lowest BCUT2D eigenvalue weighted by Gasteiger charge is -2.43. The lowest BCUT2D eigenvalue weighted by Crippen LogP contribution is -2.59. The molecule has 5 nitrogen and oxygen atoms in total. The van der Waals surface area contributed by atoms with Crippen molar-refractivity contribution in [2.24, 2.45) is 11.8 Å². The van der Waals surface area contributed by atoms with Gasteiger partial charge in [0, 0.05) is 45.2 Å². The average molecular weight is 396 g/mol. The monoisotopic (exact) mass is 395 g/mol. The van der Waals surface area contributed by atoms with E-state index in [9.17, 15) is 9.59 Å². The number of nitrogens with zero attached hydrogens (tertiary/aromatic N) is 3. The molecule has 2 amide bonds. The normalized spacial score (nSPS) is 24.4. The summed E-state index contributed by atoms with van der Waals surface area (Å²) in [6.07, 6.45) is 7.93. The molecule has 1 aromatic rings. The van der Waals surface area contributed by atoms with Gasteiger partial charge in [-0.15, -0.1) is 0 Å². The van der Waals surface area contributed by atoms with Gasteiger partial charge in [-0.3, -0.25) is 14.5 Å². The summed E-state index contributed by atoms with van der Waals surface area (Å²) in [4.78, 5) is 32.7. The molecule has 2 saturated carbocycles. The predicted octanol–water partition coefficient (Wildman–Crippen LogP) is 2.68. The molecule has 5 heteroatoms. The number of hydrogen-bond acceptors (Lipinski definition) is 3. The van der Waals surface area contributed by atoms with Gasteiger partial charge < -0.3 is 9.80 Å². The number of rotatable bonds is 4. The molecule has 1 atom stereocenters. The molecule has 2 heterocycles. The zero-order valence-electron chi connectivity index (χ0n) is 17.4. The molecule has 3 fully saturated rings. The Morgan fingerprint density at radius 2 is 1.52 bits per heavy atom. The predicted molar refractivity (Wildman–Crippen MR) is 112 cm³/mol. The number of piperazine rings is 1. The molecule has 4 aliphatic rings. The third kappa shape index (κ3) is 3.94. The molecule has 0 spiro atoms. The van der Waals surface area contributed by atoms with Crippen LogP contribution >= 0.6 is 0 Å². The van der Waals surface area contributed by atoms with E-state index in [1.165, 1.54) is 36.8 Å². The molecular weight excluding hydrogens is 362 g/mol. The minimum Gasteiger partial charge on any atom is -0.340 e. The summed E-state index contributed by atoms with van der Waals surface area (Å²) in [5.41, 5.74) is 2.69. The van der Waals surface area contributed by atoms with Crippen LogP contribution in [0, 0.1) is 11.8 Å². The Labute approximate surface area is 174 Å². The summed E-state index contributed by atoms with van der Waals surface area (Å²) in [6, 6.07) is 8.54. The summed E-state index contributed by atoms with van der Waals surface area (Å²) < 4.78 is 0. The first kappa shape index (κ1) is 19.1. The van der Waals surface area contributed by atoms with Gasteiger partial charge >= 0.3 is 0 Å². The fourth-order valence-corrected chi connectivity index (χ4v) is 5.61. The molecule has 156 valence electrons. The zero-order chi connectivity index (χ0) is 19.8. The minimum absolute atomic E-state index is 0.000870. The van der Waals surface area contributed by atoms with Gasteiger partial charge in [-0.1, -0.05) is 37.1 Å². The highest BCUT2D eigenvalue weighted by Gasteiger charge is 2.41. The topological polar surface area (TPSA) is 43.9 Å². The summed E-state index contributed by atoms with van der Waals surface area (Å²) in [5, 5.41) is 0. The van der Waals surface area contributed by atoms with Crippen LogP contribution in [0.2, 0.25) is 0 Å². The SMILES string of the molecule is O=C(C1CC1)N1CCN(C(C(=O)N2CCc3ccccc3C2)C2CCCC2)CC1. The van der Waals surface area contributed by atoms with Gasteiger partial charge in [0.1, 0.15) is 0 Å². The molecule has 1 saturated heterocycles. The average Bonchev–Trinajstić information content (AvgIpc) is 3.49. The number of carbonyl (C=O) groups excluding carboxylic acids is 2. The maximum atomic E-state index is 13.7. The lowest BCUT2D eigenvalue weighted by molar-refractivity contribution is -0.142. The maximum absolute atomic E-state index is 13.7. The number of benzene rings is 1. The standard InChI is InChI=1S/C24H33N3O2/c28-23(20-9-10-20)26-15-13-25(14-16-26)22(19-6-2-3-7-19)24(29)27-12-11-18-5-1-4-8-21(18)17-27/h1,4-5,8,19-20,22H,2-3,6-7,9-17H2. The number of amides is 2. The minimum atomic E-state index is 0.000870. The quantitative estimate of drug-likeness (QED) is 0.787. The number of fused-ring (bicyclic) bond motifs is 1. The fraction of sp³-hybridized carbons (Fsp3) is 0.667. The molecular formula is C24H33N3O2. The van der Waals surface area contributed by atoms with Crippen LogP contribution in [0.5, 0.6) is 0 Å². The van der Waals surface area contributed by atoms with Crippen molar-refractivity contribution >= 4 is 11.8 Å². The van der Waals surface area contributed by atoms with Gasteiger partial charge in [0.05, 0.1) is 6.04 Å². The maximum Gasteiger partial charge on any atom is 0.240 e. The van der Waals surface area contributed by atoms with Crippen molar-refractivity contribution in [1.82, 2.24) is 14.7 Å². The highest BCUT2D eigenvalue weighted by molar-refractivity contribution is 5.83. The van der Waals surface area contributed by atoms with Crippen molar-refractivity contribution in [2.75, 3.05) is 32.7 Å². The van der Waals surface area contributed by atoms with Crippen LogP contribution in [0.25, 0.3) is 0 Å². The first-order valence-corrected chi connectivity index (χ1v) is 11.6. The second-order valence-corrected chi connectivity index (χ2v) is 9.40. The summed E-state index contributed by atoms with van der Waals surface area (Å²) >= 11 is 0.